The number of methoxy groups -OCH3 is 1. The fourth-order valence-electron chi connectivity index (χ4n) is 2.95. The molecule has 1 aliphatic carbocycles. The molecule has 0 bridgehead atoms. The monoisotopic (exact) mass is 308 g/mol. The third-order valence-electron chi connectivity index (χ3n) is 3.85. The molecule has 1 amide bonds. The van der Waals surface area contributed by atoms with Gasteiger partial charge in [0.25, 0.3) is 0 Å². The van der Waals surface area contributed by atoms with Gasteiger partial charge in [-0.2, -0.15) is 0 Å². The molecular weight excluding hydrogens is 284 g/mol. The van der Waals surface area contributed by atoms with Crippen molar-refractivity contribution in [1.29, 1.82) is 0 Å². The molecule has 0 aliphatic heterocycles. The van der Waals surface area contributed by atoms with Gasteiger partial charge in [-0.15, -0.1) is 11.8 Å². The molecule has 0 heterocycles. The minimum atomic E-state index is -0.551. The largest absolute Gasteiger partial charge is 0.497 e. The molecule has 1 aliphatic rings. The summed E-state index contributed by atoms with van der Waals surface area (Å²) < 4.78 is 5.25. The summed E-state index contributed by atoms with van der Waals surface area (Å²) in [4.78, 5) is 13.1. The van der Waals surface area contributed by atoms with Crippen LogP contribution in [0, 0.1) is 0 Å². The Hall–Kier alpha value is -1.20. The fraction of sp³-hybridized carbons (Fsp3) is 0.562. The summed E-state index contributed by atoms with van der Waals surface area (Å²) in [5, 5.41) is 3.78. The molecule has 0 saturated heterocycles. The zero-order chi connectivity index (χ0) is 15.5. The maximum absolute atomic E-state index is 11.9. The van der Waals surface area contributed by atoms with E-state index < -0.39 is 5.54 Å². The first kappa shape index (κ1) is 16.2. The predicted octanol–water partition coefficient (Wildman–Crippen LogP) is 2.56. The van der Waals surface area contributed by atoms with Crippen molar-refractivity contribution in [2.24, 2.45) is 5.73 Å². The quantitative estimate of drug-likeness (QED) is 0.848. The van der Waals surface area contributed by atoms with Gasteiger partial charge in [-0.05, 0) is 51.3 Å². The smallest absolute Gasteiger partial charge is 0.237 e. The zero-order valence-corrected chi connectivity index (χ0v) is 13.7. The highest BCUT2D eigenvalue weighted by Crippen LogP contribution is 2.41. The SMILES string of the molecule is COc1cccc(SC2CCC(NC(C)C)(C(N)=O)C2)c1. The summed E-state index contributed by atoms with van der Waals surface area (Å²) in [6, 6.07) is 8.28. The van der Waals surface area contributed by atoms with Crippen molar-refractivity contribution < 1.29 is 9.53 Å². The molecule has 0 radical (unpaired) electrons. The minimum absolute atomic E-state index is 0.232. The molecular formula is C16H24N2O2S. The van der Waals surface area contributed by atoms with Crippen LogP contribution >= 0.6 is 11.8 Å². The van der Waals surface area contributed by atoms with Crippen LogP contribution < -0.4 is 15.8 Å². The second kappa shape index (κ2) is 6.71. The average Bonchev–Trinajstić information content (AvgIpc) is 2.82. The first-order valence-corrected chi connectivity index (χ1v) is 8.21. The molecule has 2 rings (SSSR count). The third-order valence-corrected chi connectivity index (χ3v) is 5.11. The Labute approximate surface area is 130 Å². The van der Waals surface area contributed by atoms with Crippen LogP contribution in [0.25, 0.3) is 0 Å². The molecule has 5 heteroatoms. The molecule has 0 spiro atoms. The normalized spacial score (nSPS) is 25.2. The number of hydrogen-bond acceptors (Lipinski definition) is 4. The summed E-state index contributed by atoms with van der Waals surface area (Å²) in [6.07, 6.45) is 2.58. The Morgan fingerprint density at radius 2 is 2.29 bits per heavy atom. The van der Waals surface area contributed by atoms with Gasteiger partial charge in [-0.25, -0.2) is 0 Å². The van der Waals surface area contributed by atoms with Crippen molar-refractivity contribution in [2.45, 2.75) is 54.8 Å². The maximum atomic E-state index is 11.9. The van der Waals surface area contributed by atoms with Crippen LogP contribution in [-0.2, 0) is 4.79 Å². The third kappa shape index (κ3) is 3.92. The maximum Gasteiger partial charge on any atom is 0.237 e. The highest BCUT2D eigenvalue weighted by atomic mass is 32.2. The second-order valence-electron chi connectivity index (χ2n) is 5.91. The van der Waals surface area contributed by atoms with Crippen molar-refractivity contribution >= 4 is 17.7 Å². The Bertz CT molecular complexity index is 507. The number of rotatable bonds is 6. The topological polar surface area (TPSA) is 64.3 Å². The second-order valence-corrected chi connectivity index (χ2v) is 7.28. The van der Waals surface area contributed by atoms with Crippen LogP contribution in [0.4, 0.5) is 0 Å². The van der Waals surface area contributed by atoms with Crippen molar-refractivity contribution in [2.75, 3.05) is 7.11 Å². The van der Waals surface area contributed by atoms with Gasteiger partial charge >= 0.3 is 0 Å². The molecule has 1 aromatic rings. The van der Waals surface area contributed by atoms with Crippen molar-refractivity contribution in [1.82, 2.24) is 5.32 Å². The van der Waals surface area contributed by atoms with Gasteiger partial charge in [0.1, 0.15) is 5.75 Å². The number of nitrogens with two attached hydrogens (primary N) is 1. The van der Waals surface area contributed by atoms with Crippen molar-refractivity contribution in [3.05, 3.63) is 24.3 Å². The molecule has 2 unspecified atom stereocenters. The Morgan fingerprint density at radius 3 is 2.90 bits per heavy atom. The molecule has 21 heavy (non-hydrogen) atoms. The number of thioether (sulfide) groups is 1. The van der Waals surface area contributed by atoms with E-state index in [4.69, 9.17) is 10.5 Å². The Balaban J connectivity index is 2.05. The predicted molar refractivity (Wildman–Crippen MR) is 86.7 cm³/mol. The van der Waals surface area contributed by atoms with Gasteiger partial charge in [0.15, 0.2) is 0 Å². The van der Waals surface area contributed by atoms with Gasteiger partial charge in [0.2, 0.25) is 5.91 Å². The average molecular weight is 308 g/mol. The number of nitrogens with one attached hydrogen (secondary N) is 1. The minimum Gasteiger partial charge on any atom is -0.497 e. The van der Waals surface area contributed by atoms with Crippen LogP contribution in [0.1, 0.15) is 33.1 Å². The van der Waals surface area contributed by atoms with Crippen LogP contribution in [0.2, 0.25) is 0 Å². The molecule has 3 N–H and O–H groups in total. The molecule has 0 aromatic heterocycles. The highest BCUT2D eigenvalue weighted by Gasteiger charge is 2.44. The van der Waals surface area contributed by atoms with Gasteiger partial charge in [-0.1, -0.05) is 6.07 Å². The van der Waals surface area contributed by atoms with E-state index in [9.17, 15) is 4.79 Å². The van der Waals surface area contributed by atoms with Gasteiger partial charge in [-0.3, -0.25) is 4.79 Å². The lowest BCUT2D eigenvalue weighted by Crippen LogP contribution is -2.56. The summed E-state index contributed by atoms with van der Waals surface area (Å²) in [5.74, 6) is 0.629. The summed E-state index contributed by atoms with van der Waals surface area (Å²) in [7, 11) is 1.67. The van der Waals surface area contributed by atoms with E-state index in [0.29, 0.717) is 5.25 Å². The van der Waals surface area contributed by atoms with Crippen LogP contribution in [-0.4, -0.2) is 29.8 Å². The number of amides is 1. The van der Waals surface area contributed by atoms with Crippen LogP contribution in [0.3, 0.4) is 0 Å². The molecule has 116 valence electrons. The lowest BCUT2D eigenvalue weighted by molar-refractivity contribution is -0.124. The van der Waals surface area contributed by atoms with Crippen molar-refractivity contribution in [3.63, 3.8) is 0 Å². The van der Waals surface area contributed by atoms with Gasteiger partial charge in [0, 0.05) is 16.2 Å². The van der Waals surface area contributed by atoms with E-state index in [1.807, 2.05) is 32.0 Å². The highest BCUT2D eigenvalue weighted by molar-refractivity contribution is 8.00. The lowest BCUT2D eigenvalue weighted by atomic mass is 9.96. The number of primary amides is 1. The van der Waals surface area contributed by atoms with Gasteiger partial charge in [0.05, 0.1) is 12.6 Å². The van der Waals surface area contributed by atoms with Gasteiger partial charge < -0.3 is 15.8 Å². The molecule has 4 nitrogen and oxygen atoms in total. The van der Waals surface area contributed by atoms with E-state index in [1.54, 1.807) is 18.9 Å². The molecule has 1 saturated carbocycles. The number of carbonyl (C=O) groups is 1. The summed E-state index contributed by atoms with van der Waals surface area (Å²) in [6.45, 7) is 4.10. The number of benzene rings is 1. The van der Waals surface area contributed by atoms with Crippen molar-refractivity contribution in [3.8, 4) is 5.75 Å². The summed E-state index contributed by atoms with van der Waals surface area (Å²) >= 11 is 1.80. The van der Waals surface area contributed by atoms with E-state index in [0.717, 1.165) is 25.0 Å². The zero-order valence-electron chi connectivity index (χ0n) is 12.9. The Morgan fingerprint density at radius 1 is 1.52 bits per heavy atom. The lowest BCUT2D eigenvalue weighted by Gasteiger charge is -2.29. The first-order chi connectivity index (χ1) is 9.95. The molecule has 2 atom stereocenters. The molecule has 1 aromatic carbocycles. The van der Waals surface area contributed by atoms with E-state index in [2.05, 4.69) is 11.4 Å². The number of carbonyl (C=O) groups excluding carboxylic acids is 1. The van der Waals surface area contributed by atoms with Crippen LogP contribution in [0.5, 0.6) is 5.75 Å². The van der Waals surface area contributed by atoms with Crippen LogP contribution in [0.15, 0.2) is 29.2 Å². The Kier molecular flexibility index (Phi) is 5.17. The fourth-order valence-corrected chi connectivity index (χ4v) is 4.28. The number of ether oxygens (including phenoxy) is 1. The molecule has 1 fully saturated rings. The number of hydrogen-bond donors (Lipinski definition) is 2. The van der Waals surface area contributed by atoms with E-state index in [1.165, 1.54) is 4.90 Å². The van der Waals surface area contributed by atoms with E-state index >= 15 is 0 Å². The summed E-state index contributed by atoms with van der Waals surface area (Å²) in [5.41, 5.74) is 5.10. The first-order valence-electron chi connectivity index (χ1n) is 7.33. The standard InChI is InChI=1S/C16H24N2O2S/c1-11(2)18-16(15(17)19)8-7-14(10-16)21-13-6-4-5-12(9-13)20-3/h4-6,9,11,14,18H,7-8,10H2,1-3H3,(H2,17,19). The van der Waals surface area contributed by atoms with E-state index in [-0.39, 0.29) is 11.9 Å².